The van der Waals surface area contributed by atoms with E-state index >= 15 is 0 Å². The minimum absolute atomic E-state index is 0.00267. The molecule has 1 atom stereocenters. The number of anilines is 1. The monoisotopic (exact) mass is 490 g/mol. The van der Waals surface area contributed by atoms with Crippen molar-refractivity contribution in [2.24, 2.45) is 12.1 Å². The molecule has 0 saturated heterocycles. The Morgan fingerprint density at radius 3 is 2.50 bits per heavy atom. The number of aliphatic hydroxyl groups excluding tert-OH is 1. The highest BCUT2D eigenvalue weighted by Crippen LogP contribution is 2.18. The molecule has 2 heterocycles. The number of aromatic nitrogens is 4. The van der Waals surface area contributed by atoms with Gasteiger partial charge in [0.2, 0.25) is 5.95 Å². The molecule has 0 aliphatic heterocycles. The fourth-order valence-electron chi connectivity index (χ4n) is 3.72. The van der Waals surface area contributed by atoms with E-state index in [2.05, 4.69) is 34.3 Å². The normalized spacial score (nSPS) is 12.5. The molecule has 0 saturated carbocycles. The summed E-state index contributed by atoms with van der Waals surface area (Å²) in [7, 11) is 1.51. The lowest BCUT2D eigenvalue weighted by Crippen LogP contribution is -2.30. The molecule has 4 rings (SSSR count). The van der Waals surface area contributed by atoms with Crippen molar-refractivity contribution in [3.8, 4) is 5.75 Å². The van der Waals surface area contributed by atoms with Gasteiger partial charge in [-0.2, -0.15) is 10.1 Å². The van der Waals surface area contributed by atoms with E-state index in [-0.39, 0.29) is 30.3 Å². The predicted octanol–water partition coefficient (Wildman–Crippen LogP) is 2.74. The van der Waals surface area contributed by atoms with Crippen LogP contribution in [-0.2, 0) is 13.6 Å². The van der Waals surface area contributed by atoms with Crippen LogP contribution < -0.4 is 21.4 Å². The number of nitrogens with one attached hydrogen (secondary N) is 2. The second-order valence-electron chi connectivity index (χ2n) is 9.01. The van der Waals surface area contributed by atoms with Crippen LogP contribution in [0.25, 0.3) is 11.2 Å². The molecule has 10 heteroatoms. The molecule has 188 valence electrons. The average Bonchev–Trinajstić information content (AvgIpc) is 3.21. The third-order valence-electron chi connectivity index (χ3n) is 5.85. The van der Waals surface area contributed by atoms with Crippen LogP contribution in [-0.4, -0.2) is 43.1 Å². The number of ether oxygens (including phenoxy) is 1. The molecule has 4 aromatic rings. The highest BCUT2D eigenvalue weighted by atomic mass is 16.5. The molecule has 0 aliphatic rings. The van der Waals surface area contributed by atoms with Gasteiger partial charge in [0, 0.05) is 7.05 Å². The number of nitrogens with zero attached hydrogens (tertiary/aromatic N) is 4. The van der Waals surface area contributed by atoms with Gasteiger partial charge in [0.25, 0.3) is 5.56 Å². The summed E-state index contributed by atoms with van der Waals surface area (Å²) in [6, 6.07) is 15.5. The number of fused-ring (bicyclic) bond motifs is 1. The van der Waals surface area contributed by atoms with Crippen molar-refractivity contribution in [3.05, 3.63) is 86.1 Å². The highest BCUT2D eigenvalue weighted by Gasteiger charge is 2.20. The van der Waals surface area contributed by atoms with Gasteiger partial charge < -0.3 is 14.4 Å². The quantitative estimate of drug-likeness (QED) is 0.245. The number of hydrogen-bond acceptors (Lipinski definition) is 7. The summed E-state index contributed by atoms with van der Waals surface area (Å²) in [5.41, 5.74) is 5.19. The Morgan fingerprint density at radius 2 is 1.83 bits per heavy atom. The Balaban J connectivity index is 1.58. The van der Waals surface area contributed by atoms with Gasteiger partial charge in [0.05, 0.1) is 12.8 Å². The van der Waals surface area contributed by atoms with Crippen molar-refractivity contribution < 1.29 is 9.84 Å². The highest BCUT2D eigenvalue weighted by molar-refractivity contribution is 5.80. The first-order valence-corrected chi connectivity index (χ1v) is 11.7. The Hall–Kier alpha value is -4.18. The first kappa shape index (κ1) is 24.9. The van der Waals surface area contributed by atoms with E-state index in [0.29, 0.717) is 11.7 Å². The molecule has 0 fully saturated rings. The molecule has 0 aliphatic carbocycles. The number of rotatable bonds is 9. The fourth-order valence-corrected chi connectivity index (χ4v) is 3.72. The molecule has 0 bridgehead atoms. The maximum atomic E-state index is 12.7. The summed E-state index contributed by atoms with van der Waals surface area (Å²) in [4.78, 5) is 31.4. The second-order valence-corrected chi connectivity index (χ2v) is 9.01. The van der Waals surface area contributed by atoms with Gasteiger partial charge in [-0.25, -0.2) is 10.2 Å². The van der Waals surface area contributed by atoms with Crippen LogP contribution in [0.3, 0.4) is 0 Å². The minimum atomic E-state index is -0.964. The summed E-state index contributed by atoms with van der Waals surface area (Å²) in [6.45, 7) is 6.22. The van der Waals surface area contributed by atoms with Crippen molar-refractivity contribution >= 4 is 23.3 Å². The third-order valence-corrected chi connectivity index (χ3v) is 5.85. The van der Waals surface area contributed by atoms with Gasteiger partial charge in [-0.1, -0.05) is 55.8 Å². The summed E-state index contributed by atoms with van der Waals surface area (Å²) >= 11 is 0. The van der Waals surface area contributed by atoms with Crippen LogP contribution in [0.15, 0.2) is 63.2 Å². The van der Waals surface area contributed by atoms with Crippen molar-refractivity contribution in [1.82, 2.24) is 19.1 Å². The van der Waals surface area contributed by atoms with Gasteiger partial charge in [0.15, 0.2) is 11.2 Å². The van der Waals surface area contributed by atoms with Crippen LogP contribution >= 0.6 is 0 Å². The van der Waals surface area contributed by atoms with Gasteiger partial charge in [-0.3, -0.25) is 14.3 Å². The van der Waals surface area contributed by atoms with E-state index in [1.54, 1.807) is 6.21 Å². The lowest BCUT2D eigenvalue weighted by atomic mass is 10.0. The summed E-state index contributed by atoms with van der Waals surface area (Å²) in [5, 5.41) is 15.0. The maximum Gasteiger partial charge on any atom is 0.329 e. The number of aromatic amines is 1. The van der Waals surface area contributed by atoms with Gasteiger partial charge in [-0.15, -0.1) is 0 Å². The Kier molecular flexibility index (Phi) is 7.35. The smallest absolute Gasteiger partial charge is 0.329 e. The molecule has 1 unspecified atom stereocenters. The van der Waals surface area contributed by atoms with E-state index in [0.717, 1.165) is 11.1 Å². The Morgan fingerprint density at radius 1 is 1.14 bits per heavy atom. The predicted molar refractivity (Wildman–Crippen MR) is 140 cm³/mol. The van der Waals surface area contributed by atoms with E-state index in [9.17, 15) is 14.7 Å². The molecular weight excluding hydrogens is 460 g/mol. The average molecular weight is 491 g/mol. The molecule has 0 amide bonds. The van der Waals surface area contributed by atoms with Crippen LogP contribution in [0.1, 0.15) is 36.5 Å². The van der Waals surface area contributed by atoms with Crippen molar-refractivity contribution in [3.63, 3.8) is 0 Å². The molecule has 0 spiro atoms. The number of aryl methyl sites for hydroxylation is 2. The largest absolute Gasteiger partial charge is 0.491 e. The zero-order valence-corrected chi connectivity index (χ0v) is 20.7. The maximum absolute atomic E-state index is 12.7. The van der Waals surface area contributed by atoms with Gasteiger partial charge >= 0.3 is 5.69 Å². The Bertz CT molecular complexity index is 1480. The number of aliphatic hydroxyl groups is 1. The number of hydrazone groups is 1. The molecule has 3 N–H and O–H groups in total. The van der Waals surface area contributed by atoms with E-state index in [1.807, 2.05) is 55.5 Å². The van der Waals surface area contributed by atoms with Gasteiger partial charge in [0.1, 0.15) is 18.5 Å². The standard InChI is InChI=1S/C26H30N6O4/c1-16(2)19-9-7-18(8-10-19)13-27-30-25-28-23-22(24(34)29-26(35)31(23)4)32(25)14-20(33)15-36-21-11-5-17(3)6-12-21/h5-13,16,20,33H,14-15H2,1-4H3,(H,28,30)(H,29,34,35). The first-order valence-electron chi connectivity index (χ1n) is 11.7. The molecule has 10 nitrogen and oxygen atoms in total. The summed E-state index contributed by atoms with van der Waals surface area (Å²) < 4.78 is 8.42. The van der Waals surface area contributed by atoms with Gasteiger partial charge in [-0.05, 0) is 36.1 Å². The molecule has 0 radical (unpaired) electrons. The van der Waals surface area contributed by atoms with Crippen molar-refractivity contribution in [1.29, 1.82) is 0 Å². The van der Waals surface area contributed by atoms with Crippen LogP contribution in [0, 0.1) is 6.92 Å². The Labute approximate surface area is 207 Å². The topological polar surface area (TPSA) is 127 Å². The number of H-pyrrole nitrogens is 1. The fraction of sp³-hybridized carbons (Fsp3) is 0.308. The number of imidazole rings is 1. The van der Waals surface area contributed by atoms with Crippen LogP contribution in [0.2, 0.25) is 0 Å². The zero-order valence-electron chi connectivity index (χ0n) is 20.7. The van der Waals surface area contributed by atoms with Crippen LogP contribution in [0.4, 0.5) is 5.95 Å². The number of hydrogen-bond donors (Lipinski definition) is 3. The van der Waals surface area contributed by atoms with E-state index in [4.69, 9.17) is 4.74 Å². The minimum Gasteiger partial charge on any atom is -0.491 e. The van der Waals surface area contributed by atoms with Crippen molar-refractivity contribution in [2.45, 2.75) is 39.3 Å². The van der Waals surface area contributed by atoms with Crippen molar-refractivity contribution in [2.75, 3.05) is 12.0 Å². The summed E-state index contributed by atoms with van der Waals surface area (Å²) in [6.07, 6.45) is 0.669. The summed E-state index contributed by atoms with van der Waals surface area (Å²) in [5.74, 6) is 1.27. The SMILES string of the molecule is Cc1ccc(OCC(O)Cn2c(NN=Cc3ccc(C(C)C)cc3)nc3c2c(=O)[nH]c(=O)n3C)cc1. The zero-order chi connectivity index (χ0) is 25.8. The first-order chi connectivity index (χ1) is 17.2. The molecule has 2 aromatic heterocycles. The lowest BCUT2D eigenvalue weighted by Gasteiger charge is -2.15. The van der Waals surface area contributed by atoms with E-state index in [1.165, 1.54) is 21.7 Å². The third kappa shape index (κ3) is 5.55. The molecular formula is C26H30N6O4. The lowest BCUT2D eigenvalue weighted by molar-refractivity contribution is 0.0938. The van der Waals surface area contributed by atoms with E-state index < -0.39 is 17.4 Å². The molecule has 2 aromatic carbocycles. The second kappa shape index (κ2) is 10.6. The number of benzene rings is 2. The molecule has 36 heavy (non-hydrogen) atoms. The van der Waals surface area contributed by atoms with Crippen LogP contribution in [0.5, 0.6) is 5.75 Å².